The van der Waals surface area contributed by atoms with E-state index in [1.807, 2.05) is 0 Å². The molecule has 1 unspecified atom stereocenters. The molecule has 1 aliphatic heterocycles. The fraction of sp³-hybridized carbons (Fsp3) is 1.00. The van der Waals surface area contributed by atoms with E-state index in [1.54, 1.807) is 7.11 Å². The summed E-state index contributed by atoms with van der Waals surface area (Å²) in [6, 6.07) is 2.90. The molecule has 0 bridgehead atoms. The number of methoxy groups -OCH3 is 1. The molecule has 0 aromatic heterocycles. The summed E-state index contributed by atoms with van der Waals surface area (Å²) >= 11 is 0. The van der Waals surface area contributed by atoms with Crippen molar-refractivity contribution in [2.24, 2.45) is 0 Å². The van der Waals surface area contributed by atoms with Crippen LogP contribution in [0.2, 0.25) is 12.1 Å². The standard InChI is InChI=1S/C11H24O3Si/c1-12-5-2-3-7-15-8-4-6-13-9-11-10-14-11/h11H,2-10,15H2,1H3. The molecule has 0 N–H and O–H groups in total. The summed E-state index contributed by atoms with van der Waals surface area (Å²) < 4.78 is 15.6. The molecule has 1 fully saturated rings. The van der Waals surface area contributed by atoms with Gasteiger partial charge in [0.1, 0.15) is 6.10 Å². The van der Waals surface area contributed by atoms with Gasteiger partial charge in [0.15, 0.2) is 0 Å². The number of unbranched alkanes of at least 4 members (excludes halogenated alkanes) is 1. The van der Waals surface area contributed by atoms with Gasteiger partial charge in [-0.25, -0.2) is 0 Å². The Morgan fingerprint density at radius 3 is 2.73 bits per heavy atom. The molecular weight excluding hydrogens is 208 g/mol. The third-order valence-electron chi connectivity index (χ3n) is 2.59. The zero-order valence-electron chi connectivity index (χ0n) is 9.87. The van der Waals surface area contributed by atoms with Crippen LogP contribution in [0.3, 0.4) is 0 Å². The van der Waals surface area contributed by atoms with Crippen LogP contribution in [0.5, 0.6) is 0 Å². The largest absolute Gasteiger partial charge is 0.385 e. The minimum atomic E-state index is 0.185. The maximum atomic E-state index is 5.48. The molecule has 1 rings (SSSR count). The van der Waals surface area contributed by atoms with Crippen LogP contribution in [0.25, 0.3) is 0 Å². The lowest BCUT2D eigenvalue weighted by molar-refractivity contribution is 0.117. The second kappa shape index (κ2) is 9.33. The quantitative estimate of drug-likeness (QED) is 0.305. The van der Waals surface area contributed by atoms with E-state index in [-0.39, 0.29) is 9.52 Å². The molecule has 4 heteroatoms. The van der Waals surface area contributed by atoms with Gasteiger partial charge in [-0.3, -0.25) is 0 Å². The van der Waals surface area contributed by atoms with Crippen LogP contribution in [0, 0.1) is 0 Å². The first kappa shape index (κ1) is 13.2. The Hall–Kier alpha value is 0.0969. The third-order valence-corrected chi connectivity index (χ3v) is 4.59. The Morgan fingerprint density at radius 2 is 2.00 bits per heavy atom. The summed E-state index contributed by atoms with van der Waals surface area (Å²) in [5, 5.41) is 0. The molecule has 3 nitrogen and oxygen atoms in total. The monoisotopic (exact) mass is 232 g/mol. The second-order valence-corrected chi connectivity index (χ2v) is 6.27. The Bertz CT molecular complexity index is 140. The number of rotatable bonds is 11. The Labute approximate surface area is 95.3 Å². The average molecular weight is 232 g/mol. The lowest BCUT2D eigenvalue weighted by atomic mass is 10.4. The van der Waals surface area contributed by atoms with E-state index in [1.165, 1.54) is 31.4 Å². The number of epoxide rings is 1. The zero-order valence-corrected chi connectivity index (χ0v) is 11.3. The van der Waals surface area contributed by atoms with E-state index in [9.17, 15) is 0 Å². The van der Waals surface area contributed by atoms with Crippen molar-refractivity contribution in [2.45, 2.75) is 37.5 Å². The van der Waals surface area contributed by atoms with Gasteiger partial charge in [-0.05, 0) is 12.8 Å². The van der Waals surface area contributed by atoms with Crippen LogP contribution in [0.4, 0.5) is 0 Å². The predicted molar refractivity (Wildman–Crippen MR) is 64.4 cm³/mol. The van der Waals surface area contributed by atoms with Crippen molar-refractivity contribution < 1.29 is 14.2 Å². The SMILES string of the molecule is COCCCC[SiH2]CCCOCC1CO1. The van der Waals surface area contributed by atoms with Crippen LogP contribution in [0.15, 0.2) is 0 Å². The average Bonchev–Trinajstić information content (AvgIpc) is 3.05. The Balaban J connectivity index is 1.62. The molecule has 90 valence electrons. The summed E-state index contributed by atoms with van der Waals surface area (Å²) in [7, 11) is 1.96. The molecule has 0 radical (unpaired) electrons. The highest BCUT2D eigenvalue weighted by molar-refractivity contribution is 6.35. The van der Waals surface area contributed by atoms with Crippen LogP contribution < -0.4 is 0 Å². The second-order valence-electron chi connectivity index (χ2n) is 4.14. The minimum Gasteiger partial charge on any atom is -0.385 e. The third kappa shape index (κ3) is 9.05. The zero-order chi connectivity index (χ0) is 10.8. The van der Waals surface area contributed by atoms with Gasteiger partial charge < -0.3 is 14.2 Å². The summed E-state index contributed by atoms with van der Waals surface area (Å²) in [4.78, 5) is 0. The van der Waals surface area contributed by atoms with Gasteiger partial charge in [-0.1, -0.05) is 18.5 Å². The van der Waals surface area contributed by atoms with E-state index in [0.717, 1.165) is 26.4 Å². The molecule has 15 heavy (non-hydrogen) atoms. The molecule has 1 aliphatic rings. The topological polar surface area (TPSA) is 31.0 Å². The van der Waals surface area contributed by atoms with Crippen molar-refractivity contribution in [1.29, 1.82) is 0 Å². The van der Waals surface area contributed by atoms with Crippen molar-refractivity contribution in [3.63, 3.8) is 0 Å². The Kier molecular flexibility index (Phi) is 8.19. The highest BCUT2D eigenvalue weighted by Crippen LogP contribution is 2.08. The first-order valence-corrected chi connectivity index (χ1v) is 8.12. The van der Waals surface area contributed by atoms with Crippen molar-refractivity contribution in [3.8, 4) is 0 Å². The van der Waals surface area contributed by atoms with Gasteiger partial charge in [-0.15, -0.1) is 0 Å². The van der Waals surface area contributed by atoms with Crippen molar-refractivity contribution >= 4 is 9.52 Å². The molecule has 1 atom stereocenters. The maximum Gasteiger partial charge on any atom is 0.104 e. The molecule has 0 spiro atoms. The maximum absolute atomic E-state index is 5.48. The first-order chi connectivity index (χ1) is 7.43. The summed E-state index contributed by atoms with van der Waals surface area (Å²) in [5.41, 5.74) is 0. The van der Waals surface area contributed by atoms with Crippen molar-refractivity contribution in [1.82, 2.24) is 0 Å². The first-order valence-electron chi connectivity index (χ1n) is 6.12. The van der Waals surface area contributed by atoms with Gasteiger partial charge in [0, 0.05) is 29.8 Å². The number of ether oxygens (including phenoxy) is 3. The van der Waals surface area contributed by atoms with Crippen LogP contribution in [-0.2, 0) is 14.2 Å². The summed E-state index contributed by atoms with van der Waals surface area (Å²) in [6.45, 7) is 3.59. The highest BCUT2D eigenvalue weighted by Gasteiger charge is 2.21. The fourth-order valence-corrected chi connectivity index (χ4v) is 3.16. The van der Waals surface area contributed by atoms with E-state index in [4.69, 9.17) is 14.2 Å². The smallest absolute Gasteiger partial charge is 0.104 e. The van der Waals surface area contributed by atoms with Gasteiger partial charge >= 0.3 is 0 Å². The van der Waals surface area contributed by atoms with Gasteiger partial charge in [-0.2, -0.15) is 0 Å². The van der Waals surface area contributed by atoms with Crippen molar-refractivity contribution in [2.75, 3.05) is 33.5 Å². The molecule has 0 aromatic rings. The minimum absolute atomic E-state index is 0.185. The molecule has 0 amide bonds. The summed E-state index contributed by atoms with van der Waals surface area (Å²) in [6.07, 6.45) is 4.27. The van der Waals surface area contributed by atoms with E-state index in [0.29, 0.717) is 6.10 Å². The molecule has 0 saturated carbocycles. The van der Waals surface area contributed by atoms with Crippen LogP contribution in [-0.4, -0.2) is 49.2 Å². The van der Waals surface area contributed by atoms with Crippen LogP contribution in [0.1, 0.15) is 19.3 Å². The van der Waals surface area contributed by atoms with E-state index in [2.05, 4.69) is 0 Å². The summed E-state index contributed by atoms with van der Waals surface area (Å²) in [5.74, 6) is 0. The van der Waals surface area contributed by atoms with Gasteiger partial charge in [0.05, 0.1) is 13.2 Å². The van der Waals surface area contributed by atoms with E-state index < -0.39 is 0 Å². The number of hydrogen-bond acceptors (Lipinski definition) is 3. The highest BCUT2D eigenvalue weighted by atomic mass is 28.2. The van der Waals surface area contributed by atoms with Crippen molar-refractivity contribution in [3.05, 3.63) is 0 Å². The molecule has 1 saturated heterocycles. The molecular formula is C11H24O3Si. The Morgan fingerprint density at radius 1 is 1.20 bits per heavy atom. The predicted octanol–water partition coefficient (Wildman–Crippen LogP) is 1.22. The normalized spacial score (nSPS) is 20.2. The fourth-order valence-electron chi connectivity index (χ4n) is 1.54. The van der Waals surface area contributed by atoms with Gasteiger partial charge in [0.25, 0.3) is 0 Å². The lowest BCUT2D eigenvalue weighted by Gasteiger charge is -2.02. The molecule has 0 aliphatic carbocycles. The van der Waals surface area contributed by atoms with Crippen LogP contribution >= 0.6 is 0 Å². The lowest BCUT2D eigenvalue weighted by Crippen LogP contribution is -2.03. The molecule has 1 heterocycles. The van der Waals surface area contributed by atoms with Gasteiger partial charge in [0.2, 0.25) is 0 Å². The molecule has 0 aromatic carbocycles. The number of hydrogen-bond donors (Lipinski definition) is 0. The van der Waals surface area contributed by atoms with E-state index >= 15 is 0 Å².